The average Bonchev–Trinajstić information content (AvgIpc) is 2.35. The van der Waals surface area contributed by atoms with E-state index in [0.717, 1.165) is 0 Å². The molecule has 1 atom stereocenters. The van der Waals surface area contributed by atoms with Gasteiger partial charge in [-0.2, -0.15) is 8.42 Å². The fraction of sp³-hybridized carbons (Fsp3) is 0.538. The standard InChI is InChI=1S/C13H20ClO5PS/c1-5-20(15,19-10(2)3)9-18-21(16,17)13-11(4)7-6-8-12(13)14/h6-8,10H,5,9H2,1-4H3. The fourth-order valence-corrected chi connectivity index (χ4v) is 5.47. The van der Waals surface area contributed by atoms with Crippen LogP contribution in [0.2, 0.25) is 5.02 Å². The van der Waals surface area contributed by atoms with Gasteiger partial charge in [-0.1, -0.05) is 30.7 Å². The summed E-state index contributed by atoms with van der Waals surface area (Å²) in [4.78, 5) is -0.0983. The maximum Gasteiger partial charge on any atom is 0.299 e. The van der Waals surface area contributed by atoms with Gasteiger partial charge in [0.1, 0.15) is 11.2 Å². The van der Waals surface area contributed by atoms with Crippen molar-refractivity contribution in [2.45, 2.75) is 38.7 Å². The summed E-state index contributed by atoms with van der Waals surface area (Å²) in [6, 6.07) is 4.73. The number of hydrogen-bond donors (Lipinski definition) is 0. The van der Waals surface area contributed by atoms with E-state index in [2.05, 4.69) is 0 Å². The van der Waals surface area contributed by atoms with Crippen LogP contribution in [0, 0.1) is 6.92 Å². The third-order valence-corrected chi connectivity index (χ3v) is 7.07. The minimum absolute atomic E-state index is 0.0751. The lowest BCUT2D eigenvalue weighted by Gasteiger charge is -2.19. The lowest BCUT2D eigenvalue weighted by molar-refractivity contribution is 0.228. The van der Waals surface area contributed by atoms with Gasteiger partial charge in [-0.25, -0.2) is 0 Å². The average molecular weight is 355 g/mol. The molecule has 0 aliphatic carbocycles. The number of rotatable bonds is 7. The largest absolute Gasteiger partial charge is 0.324 e. The maximum atomic E-state index is 12.4. The monoisotopic (exact) mass is 354 g/mol. The normalized spacial score (nSPS) is 15.1. The summed E-state index contributed by atoms with van der Waals surface area (Å²) in [5.41, 5.74) is 0.471. The molecule has 1 rings (SSSR count). The predicted octanol–water partition coefficient (Wildman–Crippen LogP) is 4.03. The van der Waals surface area contributed by atoms with Crippen molar-refractivity contribution in [2.24, 2.45) is 0 Å². The molecule has 0 radical (unpaired) electrons. The van der Waals surface area contributed by atoms with Crippen molar-refractivity contribution >= 4 is 29.1 Å². The molecule has 0 heterocycles. The van der Waals surface area contributed by atoms with E-state index in [1.54, 1.807) is 39.8 Å². The van der Waals surface area contributed by atoms with Crippen molar-refractivity contribution in [3.05, 3.63) is 28.8 Å². The van der Waals surface area contributed by atoms with E-state index in [0.29, 0.717) is 5.56 Å². The van der Waals surface area contributed by atoms with E-state index in [4.69, 9.17) is 20.3 Å². The zero-order valence-corrected chi connectivity index (χ0v) is 15.0. The smallest absolute Gasteiger partial charge is 0.299 e. The Hall–Kier alpha value is -0.390. The Morgan fingerprint density at radius 2 is 1.95 bits per heavy atom. The van der Waals surface area contributed by atoms with Crippen LogP contribution in [0.3, 0.4) is 0 Å². The molecule has 0 saturated heterocycles. The summed E-state index contributed by atoms with van der Waals surface area (Å²) in [6.45, 7) is 6.75. The number of benzene rings is 1. The SMILES string of the molecule is CCP(=O)(COS(=O)(=O)c1c(C)cccc1Cl)OC(C)C. The van der Waals surface area contributed by atoms with E-state index < -0.39 is 23.8 Å². The van der Waals surface area contributed by atoms with Crippen LogP contribution < -0.4 is 0 Å². The Labute approximate surface area is 131 Å². The van der Waals surface area contributed by atoms with Crippen molar-refractivity contribution in [1.29, 1.82) is 0 Å². The first-order chi connectivity index (χ1) is 9.61. The first-order valence-electron chi connectivity index (χ1n) is 6.52. The van der Waals surface area contributed by atoms with Crippen LogP contribution in [0.15, 0.2) is 23.1 Å². The van der Waals surface area contributed by atoms with Crippen LogP contribution in [0.25, 0.3) is 0 Å². The zero-order valence-electron chi connectivity index (χ0n) is 12.5. The molecule has 0 saturated carbocycles. The number of halogens is 1. The van der Waals surface area contributed by atoms with E-state index in [-0.39, 0.29) is 22.2 Å². The Bertz CT molecular complexity index is 622. The summed E-state index contributed by atoms with van der Waals surface area (Å²) in [5.74, 6) is 0. The minimum Gasteiger partial charge on any atom is -0.324 e. The van der Waals surface area contributed by atoms with Crippen LogP contribution in [-0.2, 0) is 23.4 Å². The molecular formula is C13H20ClO5PS. The van der Waals surface area contributed by atoms with Gasteiger partial charge in [0.15, 0.2) is 0 Å². The number of aryl methyl sites for hydroxylation is 1. The van der Waals surface area contributed by atoms with Crippen LogP contribution >= 0.6 is 19.0 Å². The van der Waals surface area contributed by atoms with Crippen molar-refractivity contribution in [2.75, 3.05) is 12.5 Å². The first-order valence-corrected chi connectivity index (χ1v) is 10.3. The Morgan fingerprint density at radius 3 is 2.43 bits per heavy atom. The van der Waals surface area contributed by atoms with Gasteiger partial charge in [0.25, 0.3) is 10.1 Å². The maximum absolute atomic E-state index is 12.4. The third-order valence-electron chi connectivity index (χ3n) is 2.70. The molecular weight excluding hydrogens is 335 g/mol. The van der Waals surface area contributed by atoms with Gasteiger partial charge in [-0.3, -0.25) is 8.75 Å². The minimum atomic E-state index is -4.08. The Kier molecular flexibility index (Phi) is 6.44. The fourth-order valence-electron chi connectivity index (χ4n) is 1.72. The zero-order chi connectivity index (χ0) is 16.3. The highest BCUT2D eigenvalue weighted by Crippen LogP contribution is 2.48. The molecule has 5 nitrogen and oxygen atoms in total. The molecule has 0 aliphatic rings. The summed E-state index contributed by atoms with van der Waals surface area (Å²) >= 11 is 5.92. The van der Waals surface area contributed by atoms with Gasteiger partial charge < -0.3 is 4.52 Å². The molecule has 0 spiro atoms. The van der Waals surface area contributed by atoms with Crippen LogP contribution in [0.4, 0.5) is 0 Å². The number of hydrogen-bond acceptors (Lipinski definition) is 5. The second-order valence-corrected chi connectivity index (χ2v) is 9.56. The summed E-state index contributed by atoms with van der Waals surface area (Å²) in [6.07, 6.45) is -0.569. The molecule has 0 bridgehead atoms. The van der Waals surface area contributed by atoms with Crippen molar-refractivity contribution < 1.29 is 21.7 Å². The molecule has 0 N–H and O–H groups in total. The van der Waals surface area contributed by atoms with E-state index in [9.17, 15) is 13.0 Å². The molecule has 1 unspecified atom stereocenters. The topological polar surface area (TPSA) is 69.7 Å². The summed E-state index contributed by atoms with van der Waals surface area (Å²) < 4.78 is 47.1. The molecule has 0 aromatic heterocycles. The van der Waals surface area contributed by atoms with Gasteiger partial charge in [-0.15, -0.1) is 0 Å². The van der Waals surface area contributed by atoms with Gasteiger partial charge >= 0.3 is 0 Å². The highest BCUT2D eigenvalue weighted by atomic mass is 35.5. The summed E-state index contributed by atoms with van der Waals surface area (Å²) in [5, 5.41) is 0.0751. The van der Waals surface area contributed by atoms with E-state index >= 15 is 0 Å². The Morgan fingerprint density at radius 1 is 1.33 bits per heavy atom. The van der Waals surface area contributed by atoms with Gasteiger partial charge in [-0.05, 0) is 32.4 Å². The lowest BCUT2D eigenvalue weighted by atomic mass is 10.2. The quantitative estimate of drug-likeness (QED) is 0.546. The van der Waals surface area contributed by atoms with Gasteiger partial charge in [0.2, 0.25) is 7.37 Å². The molecule has 0 amide bonds. The molecule has 8 heteroatoms. The van der Waals surface area contributed by atoms with E-state index in [1.807, 2.05) is 0 Å². The molecule has 0 fully saturated rings. The molecule has 1 aromatic rings. The molecule has 21 heavy (non-hydrogen) atoms. The Balaban J connectivity index is 2.99. The van der Waals surface area contributed by atoms with Crippen LogP contribution in [-0.4, -0.2) is 27.0 Å². The second kappa shape index (κ2) is 7.25. The molecule has 120 valence electrons. The predicted molar refractivity (Wildman–Crippen MR) is 83.7 cm³/mol. The van der Waals surface area contributed by atoms with Crippen LogP contribution in [0.1, 0.15) is 26.3 Å². The summed E-state index contributed by atoms with van der Waals surface area (Å²) in [7, 11) is -7.23. The van der Waals surface area contributed by atoms with Crippen LogP contribution in [0.5, 0.6) is 0 Å². The second-order valence-electron chi connectivity index (χ2n) is 4.87. The first kappa shape index (κ1) is 18.7. The molecule has 0 aliphatic heterocycles. The van der Waals surface area contributed by atoms with Gasteiger partial charge in [0.05, 0.1) is 11.1 Å². The molecule has 1 aromatic carbocycles. The van der Waals surface area contributed by atoms with Crippen molar-refractivity contribution in [3.8, 4) is 0 Å². The lowest BCUT2D eigenvalue weighted by Crippen LogP contribution is -2.13. The van der Waals surface area contributed by atoms with E-state index in [1.165, 1.54) is 6.07 Å². The van der Waals surface area contributed by atoms with Crippen molar-refractivity contribution in [3.63, 3.8) is 0 Å². The highest BCUT2D eigenvalue weighted by molar-refractivity contribution is 7.87. The van der Waals surface area contributed by atoms with Gasteiger partial charge in [0, 0.05) is 6.16 Å². The third kappa shape index (κ3) is 5.08. The highest BCUT2D eigenvalue weighted by Gasteiger charge is 2.29. The van der Waals surface area contributed by atoms with Crippen molar-refractivity contribution in [1.82, 2.24) is 0 Å².